The van der Waals surface area contributed by atoms with Gasteiger partial charge in [0.15, 0.2) is 23.0 Å². The molecule has 2 amide bonds. The second kappa shape index (κ2) is 14.7. The van der Waals surface area contributed by atoms with Gasteiger partial charge in [-0.15, -0.1) is 0 Å². The van der Waals surface area contributed by atoms with Gasteiger partial charge in [0.25, 0.3) is 11.8 Å². The average molecular weight is 763 g/mol. The summed E-state index contributed by atoms with van der Waals surface area (Å²) < 4.78 is 10.4. The van der Waals surface area contributed by atoms with Crippen LogP contribution in [-0.4, -0.2) is 54.9 Å². The van der Waals surface area contributed by atoms with Crippen LogP contribution in [0, 0.1) is 27.7 Å². The van der Waals surface area contributed by atoms with Gasteiger partial charge in [-0.25, -0.2) is 10.9 Å². The predicted molar refractivity (Wildman–Crippen MR) is 212 cm³/mol. The molecule has 0 radical (unpaired) electrons. The summed E-state index contributed by atoms with van der Waals surface area (Å²) >= 11 is 0. The number of amides is 2. The summed E-state index contributed by atoms with van der Waals surface area (Å²) in [5.74, 6) is -3.97. The second-order valence-corrected chi connectivity index (χ2v) is 14.2. The molecule has 0 spiro atoms. The van der Waals surface area contributed by atoms with Crippen molar-refractivity contribution in [2.24, 2.45) is 10.2 Å². The Bertz CT molecular complexity index is 2470. The first kappa shape index (κ1) is 38.8. The van der Waals surface area contributed by atoms with Crippen molar-refractivity contribution in [2.45, 2.75) is 67.2 Å². The number of rotatable bonds is 9. The molecule has 2 heterocycles. The van der Waals surface area contributed by atoms with Gasteiger partial charge in [-0.05, 0) is 73.6 Å². The van der Waals surface area contributed by atoms with E-state index in [-0.39, 0.29) is 56.0 Å². The molecule has 0 atom stereocenters. The molecular formula is C42H42N4O10. The number of hydrogen-bond donors (Lipinski definition) is 8. The van der Waals surface area contributed by atoms with Gasteiger partial charge in [0.2, 0.25) is 0 Å². The number of fused-ring (bicyclic) bond motifs is 2. The van der Waals surface area contributed by atoms with Gasteiger partial charge in [0.1, 0.15) is 23.0 Å². The predicted octanol–water partition coefficient (Wildman–Crippen LogP) is 8.09. The molecule has 290 valence electrons. The Hall–Kier alpha value is -6.96. The zero-order valence-corrected chi connectivity index (χ0v) is 32.0. The summed E-state index contributed by atoms with van der Waals surface area (Å²) in [5.41, 5.74) is 6.87. The van der Waals surface area contributed by atoms with Crippen LogP contribution in [-0.2, 0) is 0 Å². The fourth-order valence-corrected chi connectivity index (χ4v) is 7.30. The molecule has 0 unspecified atom stereocenters. The lowest BCUT2D eigenvalue weighted by molar-refractivity contribution is 0.0945. The van der Waals surface area contributed by atoms with Gasteiger partial charge in [-0.3, -0.25) is 9.59 Å². The van der Waals surface area contributed by atoms with Crippen molar-refractivity contribution in [1.82, 2.24) is 10.9 Å². The highest BCUT2D eigenvalue weighted by Gasteiger charge is 2.30. The molecule has 56 heavy (non-hydrogen) atoms. The summed E-state index contributed by atoms with van der Waals surface area (Å²) in [5, 5.41) is 78.7. The van der Waals surface area contributed by atoms with Crippen molar-refractivity contribution in [2.75, 3.05) is 0 Å². The highest BCUT2D eigenvalue weighted by Crippen LogP contribution is 2.54. The van der Waals surface area contributed by atoms with Crippen molar-refractivity contribution < 1.29 is 49.1 Å². The van der Waals surface area contributed by atoms with E-state index in [2.05, 4.69) is 21.1 Å². The number of nitrogens with zero attached hydrogens (tertiary/aromatic N) is 2. The summed E-state index contributed by atoms with van der Waals surface area (Å²) in [7, 11) is 0. The Labute approximate surface area is 321 Å². The highest BCUT2D eigenvalue weighted by molar-refractivity contribution is 6.15. The van der Waals surface area contributed by atoms with Crippen LogP contribution in [0.25, 0.3) is 32.7 Å². The van der Waals surface area contributed by atoms with Gasteiger partial charge < -0.3 is 39.5 Å². The number of carbonyl (C=O) groups excluding carboxylic acids is 2. The van der Waals surface area contributed by atoms with E-state index < -0.39 is 46.3 Å². The second-order valence-electron chi connectivity index (χ2n) is 14.2. The third-order valence-corrected chi connectivity index (χ3v) is 9.92. The van der Waals surface area contributed by atoms with Gasteiger partial charge in [-0.2, -0.15) is 10.2 Å². The van der Waals surface area contributed by atoms with E-state index in [1.54, 1.807) is 39.8 Å². The van der Waals surface area contributed by atoms with E-state index in [1.807, 2.05) is 27.7 Å². The quantitative estimate of drug-likeness (QED) is 0.0401. The Morgan fingerprint density at radius 1 is 0.589 bits per heavy atom. The van der Waals surface area contributed by atoms with Crippen LogP contribution in [0.5, 0.6) is 34.5 Å². The summed E-state index contributed by atoms with van der Waals surface area (Å²) in [6, 6.07) is 6.35. The lowest BCUT2D eigenvalue weighted by Crippen LogP contribution is -2.17. The molecule has 0 aliphatic carbocycles. The Morgan fingerprint density at radius 3 is 1.25 bits per heavy atom. The molecule has 6 rings (SSSR count). The molecule has 2 aromatic heterocycles. The van der Waals surface area contributed by atoms with Crippen LogP contribution in [0.1, 0.15) is 105 Å². The number of aromatic hydroxyl groups is 6. The largest absolute Gasteiger partial charge is 0.507 e. The number of hydrogen-bond acceptors (Lipinski definition) is 12. The van der Waals surface area contributed by atoms with Crippen LogP contribution in [0.15, 0.2) is 55.8 Å². The molecule has 0 saturated heterocycles. The van der Waals surface area contributed by atoms with E-state index in [0.29, 0.717) is 44.5 Å². The molecule has 4 aromatic carbocycles. The first-order valence-electron chi connectivity index (χ1n) is 17.7. The number of furan rings is 2. The Kier molecular flexibility index (Phi) is 10.2. The first-order chi connectivity index (χ1) is 26.5. The third-order valence-electron chi connectivity index (χ3n) is 9.92. The molecule has 14 heteroatoms. The highest BCUT2D eigenvalue weighted by atomic mass is 16.3. The topological polar surface area (TPSA) is 231 Å². The van der Waals surface area contributed by atoms with Gasteiger partial charge in [0.05, 0.1) is 47.2 Å². The van der Waals surface area contributed by atoms with E-state index in [9.17, 15) is 40.2 Å². The number of benzene rings is 4. The summed E-state index contributed by atoms with van der Waals surface area (Å²) in [6.07, 6.45) is 4.91. The number of nitrogens with one attached hydrogen (secondary N) is 2. The minimum absolute atomic E-state index is 0.0662. The SMILES string of the molecule is Cc1cc2c(C(C)C)c(O)c(O)c(C=NNC(=O)c3ccoc3C)c2c(O)c1-c1c(C)cc2c(C(C)C)c(O)c(O)c(C=NNC(=O)c3ccoc3C)c2c1O. The maximum Gasteiger partial charge on any atom is 0.274 e. The third kappa shape index (κ3) is 6.38. The number of aryl methyl sites for hydroxylation is 4. The number of phenolic OH excluding ortho intramolecular Hbond substituents is 6. The Morgan fingerprint density at radius 2 is 0.946 bits per heavy atom. The van der Waals surface area contributed by atoms with E-state index >= 15 is 0 Å². The van der Waals surface area contributed by atoms with Gasteiger partial charge in [-0.1, -0.05) is 39.8 Å². The lowest BCUT2D eigenvalue weighted by atomic mass is 9.83. The monoisotopic (exact) mass is 762 g/mol. The normalized spacial score (nSPS) is 12.0. The minimum Gasteiger partial charge on any atom is -0.507 e. The van der Waals surface area contributed by atoms with Crippen LogP contribution in [0.3, 0.4) is 0 Å². The molecule has 0 bridgehead atoms. The van der Waals surface area contributed by atoms with Crippen LogP contribution < -0.4 is 10.9 Å². The van der Waals surface area contributed by atoms with Crippen LogP contribution in [0.4, 0.5) is 0 Å². The molecule has 14 nitrogen and oxygen atoms in total. The zero-order chi connectivity index (χ0) is 40.9. The lowest BCUT2D eigenvalue weighted by Gasteiger charge is -2.23. The van der Waals surface area contributed by atoms with Crippen molar-refractivity contribution >= 4 is 45.8 Å². The minimum atomic E-state index is -0.601. The maximum absolute atomic E-state index is 12.8. The van der Waals surface area contributed by atoms with E-state index in [4.69, 9.17) is 8.83 Å². The zero-order valence-electron chi connectivity index (χ0n) is 32.0. The molecule has 0 aliphatic rings. The summed E-state index contributed by atoms with van der Waals surface area (Å²) in [4.78, 5) is 25.5. The molecule has 0 saturated carbocycles. The molecule has 8 N–H and O–H groups in total. The van der Waals surface area contributed by atoms with Crippen molar-refractivity contribution in [3.05, 3.63) is 92.8 Å². The van der Waals surface area contributed by atoms with E-state index in [1.165, 1.54) is 24.7 Å². The van der Waals surface area contributed by atoms with Crippen LogP contribution in [0.2, 0.25) is 0 Å². The average Bonchev–Trinajstić information content (AvgIpc) is 3.76. The molecule has 0 fully saturated rings. The van der Waals surface area contributed by atoms with Gasteiger partial charge >= 0.3 is 0 Å². The number of carbonyl (C=O) groups is 2. The molecule has 6 aromatic rings. The van der Waals surface area contributed by atoms with Crippen molar-refractivity contribution in [3.8, 4) is 45.6 Å². The van der Waals surface area contributed by atoms with Crippen molar-refractivity contribution in [1.29, 1.82) is 0 Å². The van der Waals surface area contributed by atoms with Crippen LogP contribution >= 0.6 is 0 Å². The first-order valence-corrected chi connectivity index (χ1v) is 17.7. The Balaban J connectivity index is 1.61. The molecule has 0 aliphatic heterocycles. The standard InChI is InChI=1S/C42H42N4O10/c1-17(2)29-25-13-19(5)31(37(49)33(25)27(35(47)39(29)51)15-43-45-41(53)23-9-11-55-21(23)7)32-20(6)14-26-30(18(3)4)40(52)36(48)28(34(26)38(32)50)16-44-46-42(54)24-10-12-56-22(24)8/h9-18,47-52H,1-8H3,(H,45,53)(H,46,54). The summed E-state index contributed by atoms with van der Waals surface area (Å²) in [6.45, 7) is 13.9. The van der Waals surface area contributed by atoms with Gasteiger partial charge in [0, 0.05) is 33.0 Å². The fraction of sp³-hybridized carbons (Fsp3) is 0.238. The van der Waals surface area contributed by atoms with Crippen molar-refractivity contribution in [3.63, 3.8) is 0 Å². The maximum atomic E-state index is 12.8. The van der Waals surface area contributed by atoms with E-state index in [0.717, 1.165) is 12.4 Å². The number of hydrazone groups is 2. The smallest absolute Gasteiger partial charge is 0.274 e. The fourth-order valence-electron chi connectivity index (χ4n) is 7.30. The number of phenols is 6. The molecular weight excluding hydrogens is 720 g/mol.